The Morgan fingerprint density at radius 2 is 2.00 bits per heavy atom. The second-order valence-corrected chi connectivity index (χ2v) is 6.29. The van der Waals surface area contributed by atoms with E-state index in [1.807, 2.05) is 12.1 Å². The third-order valence-electron chi connectivity index (χ3n) is 4.12. The molecule has 0 spiro atoms. The van der Waals surface area contributed by atoms with E-state index in [1.165, 1.54) is 6.08 Å². The van der Waals surface area contributed by atoms with Crippen molar-refractivity contribution in [3.8, 4) is 11.8 Å². The SMILES string of the molecule is N#CC(NC(=O)/C=C/c1ccc(OCc2cccnc2)cc1)c1ccc(F)cc1F. The second-order valence-electron chi connectivity index (χ2n) is 6.29. The van der Waals surface area contributed by atoms with Crippen LogP contribution in [0.15, 0.2) is 73.1 Å². The van der Waals surface area contributed by atoms with Crippen LogP contribution in [0.5, 0.6) is 5.75 Å². The van der Waals surface area contributed by atoms with Crippen molar-refractivity contribution in [1.29, 1.82) is 5.26 Å². The van der Waals surface area contributed by atoms with Crippen molar-refractivity contribution >= 4 is 12.0 Å². The van der Waals surface area contributed by atoms with E-state index in [4.69, 9.17) is 4.74 Å². The van der Waals surface area contributed by atoms with Gasteiger partial charge >= 0.3 is 0 Å². The predicted molar refractivity (Wildman–Crippen MR) is 107 cm³/mol. The van der Waals surface area contributed by atoms with Gasteiger partial charge in [0.15, 0.2) is 0 Å². The quantitative estimate of drug-likeness (QED) is 0.594. The average molecular weight is 405 g/mol. The number of benzene rings is 2. The number of halogens is 2. The minimum absolute atomic E-state index is 0.101. The molecule has 30 heavy (non-hydrogen) atoms. The Morgan fingerprint density at radius 3 is 2.67 bits per heavy atom. The summed E-state index contributed by atoms with van der Waals surface area (Å²) < 4.78 is 32.5. The largest absolute Gasteiger partial charge is 0.489 e. The Labute approximate surface area is 172 Å². The molecule has 0 aliphatic rings. The molecule has 7 heteroatoms. The van der Waals surface area contributed by atoms with E-state index in [0.29, 0.717) is 18.4 Å². The van der Waals surface area contributed by atoms with E-state index in [9.17, 15) is 18.8 Å². The molecule has 1 N–H and O–H groups in total. The lowest BCUT2D eigenvalue weighted by molar-refractivity contribution is -0.116. The molecule has 1 aromatic heterocycles. The summed E-state index contributed by atoms with van der Waals surface area (Å²) in [6, 6.07) is 14.2. The van der Waals surface area contributed by atoms with Crippen molar-refractivity contribution < 1.29 is 18.3 Å². The topological polar surface area (TPSA) is 75.0 Å². The highest BCUT2D eigenvalue weighted by molar-refractivity contribution is 5.92. The van der Waals surface area contributed by atoms with Crippen LogP contribution in [0.3, 0.4) is 0 Å². The normalized spacial score (nSPS) is 11.6. The number of aromatic nitrogens is 1. The Bertz CT molecular complexity index is 1080. The molecular weight excluding hydrogens is 388 g/mol. The lowest BCUT2D eigenvalue weighted by Crippen LogP contribution is -2.26. The van der Waals surface area contributed by atoms with Crippen molar-refractivity contribution in [2.45, 2.75) is 12.6 Å². The lowest BCUT2D eigenvalue weighted by atomic mass is 10.1. The summed E-state index contributed by atoms with van der Waals surface area (Å²) in [6.07, 6.45) is 6.20. The number of nitriles is 1. The van der Waals surface area contributed by atoms with E-state index < -0.39 is 23.6 Å². The number of ether oxygens (including phenoxy) is 1. The Balaban J connectivity index is 1.56. The number of rotatable bonds is 7. The molecule has 3 rings (SSSR count). The smallest absolute Gasteiger partial charge is 0.245 e. The molecule has 1 heterocycles. The summed E-state index contributed by atoms with van der Waals surface area (Å²) in [5.41, 5.74) is 1.58. The summed E-state index contributed by atoms with van der Waals surface area (Å²) in [7, 11) is 0. The number of carbonyl (C=O) groups is 1. The minimum Gasteiger partial charge on any atom is -0.489 e. The first kappa shape index (κ1) is 20.7. The molecule has 0 radical (unpaired) electrons. The summed E-state index contributed by atoms with van der Waals surface area (Å²) >= 11 is 0. The third-order valence-corrected chi connectivity index (χ3v) is 4.12. The summed E-state index contributed by atoms with van der Waals surface area (Å²) in [5.74, 6) is -1.57. The van der Waals surface area contributed by atoms with Crippen LogP contribution in [0, 0.1) is 23.0 Å². The predicted octanol–water partition coefficient (Wildman–Crippen LogP) is 4.33. The number of nitrogens with zero attached hydrogens (tertiary/aromatic N) is 2. The molecule has 0 saturated carbocycles. The van der Waals surface area contributed by atoms with Gasteiger partial charge in [-0.2, -0.15) is 5.26 Å². The molecule has 0 aliphatic heterocycles. The molecule has 0 fully saturated rings. The molecule has 1 unspecified atom stereocenters. The Kier molecular flexibility index (Phi) is 6.85. The van der Waals surface area contributed by atoms with Gasteiger partial charge in [0, 0.05) is 35.7 Å². The summed E-state index contributed by atoms with van der Waals surface area (Å²) in [6.45, 7) is 0.390. The molecule has 1 atom stereocenters. The van der Waals surface area contributed by atoms with Crippen molar-refractivity contribution in [1.82, 2.24) is 10.3 Å². The van der Waals surface area contributed by atoms with Crippen molar-refractivity contribution in [3.05, 3.63) is 101 Å². The molecule has 0 saturated heterocycles. The van der Waals surface area contributed by atoms with Gasteiger partial charge in [0.05, 0.1) is 6.07 Å². The highest BCUT2D eigenvalue weighted by Gasteiger charge is 2.17. The standard InChI is InChI=1S/C23H17F2N3O2/c24-18-6-9-20(21(25)12-18)22(13-26)28-23(29)10-5-16-3-7-19(8-4-16)30-15-17-2-1-11-27-14-17/h1-12,14,22H,15H2,(H,28,29)/b10-5+. The van der Waals surface area contributed by atoms with Gasteiger partial charge < -0.3 is 10.1 Å². The maximum atomic E-state index is 13.8. The van der Waals surface area contributed by atoms with E-state index in [1.54, 1.807) is 48.8 Å². The minimum atomic E-state index is -1.23. The van der Waals surface area contributed by atoms with Gasteiger partial charge in [0.1, 0.15) is 30.0 Å². The van der Waals surface area contributed by atoms with Crippen LogP contribution in [-0.4, -0.2) is 10.9 Å². The molecule has 1 amide bonds. The molecule has 5 nitrogen and oxygen atoms in total. The van der Waals surface area contributed by atoms with E-state index >= 15 is 0 Å². The fourth-order valence-electron chi connectivity index (χ4n) is 2.60. The highest BCUT2D eigenvalue weighted by Crippen LogP contribution is 2.18. The number of carbonyl (C=O) groups excluding carboxylic acids is 1. The number of pyridine rings is 1. The second kappa shape index (κ2) is 9.94. The summed E-state index contributed by atoms with van der Waals surface area (Å²) in [4.78, 5) is 16.1. The van der Waals surface area contributed by atoms with Gasteiger partial charge in [-0.05, 0) is 35.9 Å². The molecule has 0 aliphatic carbocycles. The Morgan fingerprint density at radius 1 is 1.20 bits per heavy atom. The fraction of sp³-hybridized carbons (Fsp3) is 0.0870. The van der Waals surface area contributed by atoms with Crippen LogP contribution < -0.4 is 10.1 Å². The van der Waals surface area contributed by atoms with Gasteiger partial charge in [0.2, 0.25) is 5.91 Å². The van der Waals surface area contributed by atoms with E-state index in [-0.39, 0.29) is 5.56 Å². The van der Waals surface area contributed by atoms with Crippen LogP contribution in [0.4, 0.5) is 8.78 Å². The van der Waals surface area contributed by atoms with Crippen molar-refractivity contribution in [2.24, 2.45) is 0 Å². The van der Waals surface area contributed by atoms with Gasteiger partial charge in [-0.3, -0.25) is 9.78 Å². The number of nitrogens with one attached hydrogen (secondary N) is 1. The first-order valence-electron chi connectivity index (χ1n) is 9.00. The van der Waals surface area contributed by atoms with Crippen molar-refractivity contribution in [2.75, 3.05) is 0 Å². The monoisotopic (exact) mass is 405 g/mol. The maximum absolute atomic E-state index is 13.8. The first-order chi connectivity index (χ1) is 14.5. The van der Waals surface area contributed by atoms with Gasteiger partial charge in [-0.15, -0.1) is 0 Å². The Hall–Kier alpha value is -4.05. The summed E-state index contributed by atoms with van der Waals surface area (Å²) in [5, 5.41) is 11.6. The zero-order valence-electron chi connectivity index (χ0n) is 15.8. The zero-order valence-corrected chi connectivity index (χ0v) is 15.8. The molecular formula is C23H17F2N3O2. The van der Waals surface area contributed by atoms with E-state index in [0.717, 1.165) is 23.3 Å². The van der Waals surface area contributed by atoms with Gasteiger partial charge in [-0.1, -0.05) is 24.3 Å². The van der Waals surface area contributed by atoms with Crippen LogP contribution in [0.2, 0.25) is 0 Å². The number of hydrogen-bond acceptors (Lipinski definition) is 4. The average Bonchev–Trinajstić information content (AvgIpc) is 2.76. The van der Waals surface area contributed by atoms with Crippen LogP contribution in [-0.2, 0) is 11.4 Å². The first-order valence-corrected chi connectivity index (χ1v) is 9.00. The van der Waals surface area contributed by atoms with Gasteiger partial charge in [0.25, 0.3) is 0 Å². The van der Waals surface area contributed by atoms with Gasteiger partial charge in [-0.25, -0.2) is 8.78 Å². The van der Waals surface area contributed by atoms with Crippen LogP contribution >= 0.6 is 0 Å². The van der Waals surface area contributed by atoms with Crippen molar-refractivity contribution in [3.63, 3.8) is 0 Å². The van der Waals surface area contributed by atoms with Crippen LogP contribution in [0.1, 0.15) is 22.7 Å². The zero-order chi connectivity index (χ0) is 21.3. The third kappa shape index (κ3) is 5.72. The molecule has 2 aromatic carbocycles. The molecule has 3 aromatic rings. The maximum Gasteiger partial charge on any atom is 0.245 e. The number of hydrogen-bond donors (Lipinski definition) is 1. The van der Waals surface area contributed by atoms with E-state index in [2.05, 4.69) is 10.3 Å². The number of amides is 1. The molecule has 0 bridgehead atoms. The fourth-order valence-corrected chi connectivity index (χ4v) is 2.60. The lowest BCUT2D eigenvalue weighted by Gasteiger charge is -2.11. The molecule has 150 valence electrons. The van der Waals surface area contributed by atoms with Crippen LogP contribution in [0.25, 0.3) is 6.08 Å². The highest BCUT2D eigenvalue weighted by atomic mass is 19.1.